The summed E-state index contributed by atoms with van der Waals surface area (Å²) in [4.78, 5) is 19.1. The first-order valence-electron chi connectivity index (χ1n) is 21.6. The van der Waals surface area contributed by atoms with E-state index in [1.54, 1.807) is 36.7 Å². The zero-order chi connectivity index (χ0) is 47.4. The number of nitrogens with zero attached hydrogens (tertiary/aromatic N) is 5. The van der Waals surface area contributed by atoms with Crippen molar-refractivity contribution in [3.63, 3.8) is 0 Å². The number of aliphatic hydroxyl groups excluding tert-OH is 1. The van der Waals surface area contributed by atoms with Gasteiger partial charge in [-0.1, -0.05) is 79.9 Å². The van der Waals surface area contributed by atoms with E-state index in [2.05, 4.69) is 59.1 Å². The number of carbonyl (C=O) groups is 1. The van der Waals surface area contributed by atoms with Gasteiger partial charge in [0.25, 0.3) is 6.47 Å². The summed E-state index contributed by atoms with van der Waals surface area (Å²) in [7, 11) is 0. The van der Waals surface area contributed by atoms with Crippen LogP contribution in [0.5, 0.6) is 23.0 Å². The van der Waals surface area contributed by atoms with Crippen molar-refractivity contribution in [1.82, 2.24) is 14.9 Å². The molecular weight excluding hydrogens is 878 g/mol. The normalized spacial score (nSPS) is 12.0. The number of carboxylic acid groups (broad SMARTS) is 1. The molecule has 2 aromatic heterocycles. The third kappa shape index (κ3) is 13.7. The van der Waals surface area contributed by atoms with Gasteiger partial charge in [-0.25, -0.2) is 0 Å². The first-order chi connectivity index (χ1) is 32.1. The number of likely N-dealkylation sites (tertiary alicyclic amines) is 1. The average molecular weight is 931 g/mol. The van der Waals surface area contributed by atoms with Crippen LogP contribution in [-0.4, -0.2) is 44.6 Å². The molecule has 2 N–H and O–H groups in total. The van der Waals surface area contributed by atoms with Crippen LogP contribution in [0.3, 0.4) is 0 Å². The van der Waals surface area contributed by atoms with Crippen LogP contribution in [0.4, 0.5) is 0 Å². The Bertz CT molecular complexity index is 2660. The number of piperidine rings is 1. The van der Waals surface area contributed by atoms with Gasteiger partial charge < -0.3 is 29.2 Å². The number of ether oxygens (including phenoxy) is 4. The first-order valence-corrected chi connectivity index (χ1v) is 22.3. The number of aliphatic hydroxyl groups is 1. The van der Waals surface area contributed by atoms with Crippen molar-refractivity contribution in [3.05, 3.63) is 163 Å². The third-order valence-electron chi connectivity index (χ3n) is 10.8. The second-order valence-electron chi connectivity index (χ2n) is 15.1. The summed E-state index contributed by atoms with van der Waals surface area (Å²) in [6.45, 7) is 11.3. The minimum Gasteiger partial charge on any atom is -0.488 e. The summed E-state index contributed by atoms with van der Waals surface area (Å²) in [5.74, 6) is 2.03. The van der Waals surface area contributed by atoms with Crippen molar-refractivity contribution in [3.8, 4) is 46.3 Å². The van der Waals surface area contributed by atoms with Crippen LogP contribution in [0.1, 0.15) is 88.7 Å². The van der Waals surface area contributed by atoms with Gasteiger partial charge in [0.1, 0.15) is 61.6 Å². The Morgan fingerprint density at radius 2 is 1.08 bits per heavy atom. The Labute approximate surface area is 396 Å². The van der Waals surface area contributed by atoms with E-state index in [1.807, 2.05) is 44.2 Å². The molecule has 0 spiro atoms. The maximum atomic E-state index is 10.0. The van der Waals surface area contributed by atoms with Crippen LogP contribution in [0.15, 0.2) is 97.6 Å². The number of rotatable bonds is 16. The number of pyridine rings is 2. The summed E-state index contributed by atoms with van der Waals surface area (Å²) in [5.41, 5.74) is 10.2. The molecule has 66 heavy (non-hydrogen) atoms. The number of aromatic nitrogens is 2. The summed E-state index contributed by atoms with van der Waals surface area (Å²) in [6.07, 6.45) is 9.93. The van der Waals surface area contributed by atoms with Gasteiger partial charge in [-0.2, -0.15) is 10.5 Å². The van der Waals surface area contributed by atoms with Gasteiger partial charge in [-0.3, -0.25) is 19.7 Å². The monoisotopic (exact) mass is 929 g/mol. The molecule has 1 aliphatic rings. The lowest BCUT2D eigenvalue weighted by Gasteiger charge is -2.27. The Morgan fingerprint density at radius 1 is 0.636 bits per heavy atom. The van der Waals surface area contributed by atoms with Gasteiger partial charge in [0.15, 0.2) is 0 Å². The van der Waals surface area contributed by atoms with E-state index in [9.17, 15) is 15.6 Å². The molecule has 7 rings (SSSR count). The second-order valence-corrected chi connectivity index (χ2v) is 15.9. The fourth-order valence-electron chi connectivity index (χ4n) is 7.40. The molecule has 1 fully saturated rings. The molecule has 0 saturated carbocycles. The summed E-state index contributed by atoms with van der Waals surface area (Å²) < 4.78 is 25.1. The molecule has 0 aliphatic carbocycles. The summed E-state index contributed by atoms with van der Waals surface area (Å²) >= 11 is 13.5. The molecule has 0 bridgehead atoms. The van der Waals surface area contributed by atoms with Crippen molar-refractivity contribution < 1.29 is 34.0 Å². The van der Waals surface area contributed by atoms with Gasteiger partial charge in [-0.05, 0) is 97.4 Å². The lowest BCUT2D eigenvalue weighted by Crippen LogP contribution is -2.29. The van der Waals surface area contributed by atoms with Gasteiger partial charge in [0.2, 0.25) is 0 Å². The Hall–Kier alpha value is -6.67. The standard InChI is InChI=1S/C49H45Cl2N5O5.C2H6.CH2O2/c1-32-38(30-60-48-18-46(58-28-36-14-34(20-52)22-54-24-36)40(16-44(48)50)26-56-12-4-3-5-13-56)8-6-10-42(32)43-11-7-9-39(33(43)2)31-61-49-19-47(41(27-57)17-45(49)51)59-29-37-15-35(21-53)23-55-25-37;1-2;2-1-3/h6-11,14-19,22-25,57H,3-5,12-13,26-31H2,1-2H3;1-2H3;1H,(H,2,3). The van der Waals surface area contributed by atoms with Crippen molar-refractivity contribution in [1.29, 1.82) is 10.5 Å². The molecule has 0 amide bonds. The Balaban J connectivity index is 0.00000157. The van der Waals surface area contributed by atoms with Crippen molar-refractivity contribution in [2.24, 2.45) is 0 Å². The van der Waals surface area contributed by atoms with Crippen molar-refractivity contribution in [2.75, 3.05) is 13.1 Å². The summed E-state index contributed by atoms with van der Waals surface area (Å²) in [6, 6.07) is 27.2. The van der Waals surface area contributed by atoms with Crippen LogP contribution in [-0.2, 0) is 44.4 Å². The fourth-order valence-corrected chi connectivity index (χ4v) is 7.88. The fraction of sp³-hybridized carbons (Fsp3) is 0.288. The van der Waals surface area contributed by atoms with Crippen molar-refractivity contribution in [2.45, 2.75) is 86.5 Å². The third-order valence-corrected chi connectivity index (χ3v) is 11.4. The molecule has 3 heterocycles. The molecule has 0 radical (unpaired) electrons. The maximum Gasteiger partial charge on any atom is 0.290 e. The predicted molar refractivity (Wildman–Crippen MR) is 255 cm³/mol. The smallest absolute Gasteiger partial charge is 0.290 e. The number of hydrogen-bond acceptors (Lipinski definition) is 11. The van der Waals surface area contributed by atoms with Crippen molar-refractivity contribution >= 4 is 29.7 Å². The van der Waals surface area contributed by atoms with E-state index in [4.69, 9.17) is 52.1 Å². The highest BCUT2D eigenvalue weighted by molar-refractivity contribution is 6.32. The number of benzene rings is 4. The lowest BCUT2D eigenvalue weighted by atomic mass is 9.92. The maximum absolute atomic E-state index is 10.0. The van der Waals surface area contributed by atoms with E-state index in [0.717, 1.165) is 57.6 Å². The van der Waals surface area contributed by atoms with Gasteiger partial charge in [-0.15, -0.1) is 0 Å². The molecular formula is C52H53Cl2N5O7. The molecule has 14 heteroatoms. The number of nitriles is 2. The molecule has 4 aromatic carbocycles. The lowest BCUT2D eigenvalue weighted by molar-refractivity contribution is -0.122. The molecule has 0 atom stereocenters. The van der Waals surface area contributed by atoms with E-state index >= 15 is 0 Å². The van der Waals surface area contributed by atoms with E-state index < -0.39 is 0 Å². The van der Waals surface area contributed by atoms with E-state index in [0.29, 0.717) is 61.8 Å². The molecule has 342 valence electrons. The Kier molecular flexibility index (Phi) is 19.6. The quantitative estimate of drug-likeness (QED) is 0.0882. The van der Waals surface area contributed by atoms with Crippen LogP contribution >= 0.6 is 23.2 Å². The van der Waals surface area contributed by atoms with Crippen LogP contribution in [0, 0.1) is 36.5 Å². The Morgan fingerprint density at radius 3 is 1.53 bits per heavy atom. The highest BCUT2D eigenvalue weighted by Gasteiger charge is 2.19. The molecule has 6 aromatic rings. The minimum atomic E-state index is -0.275. The van der Waals surface area contributed by atoms with E-state index in [1.165, 1.54) is 31.7 Å². The number of halogens is 2. The van der Waals surface area contributed by atoms with Crippen LogP contribution < -0.4 is 18.9 Å². The summed E-state index contributed by atoms with van der Waals surface area (Å²) in [5, 5.41) is 36.4. The van der Waals surface area contributed by atoms with Gasteiger partial charge >= 0.3 is 0 Å². The van der Waals surface area contributed by atoms with Gasteiger partial charge in [0, 0.05) is 65.7 Å². The SMILES string of the molecule is CC.Cc1c(COc2cc(OCc3cncc(C#N)c3)c(CO)cc2Cl)cccc1-c1cccc(COc2cc(OCc3cncc(C#N)c3)c(CN3CCCCC3)cc2Cl)c1C.O=CO. The molecule has 1 aliphatic heterocycles. The predicted octanol–water partition coefficient (Wildman–Crippen LogP) is 11.3. The molecule has 0 unspecified atom stereocenters. The largest absolute Gasteiger partial charge is 0.488 e. The van der Waals surface area contributed by atoms with Crippen LogP contribution in [0.25, 0.3) is 11.1 Å². The second kappa shape index (κ2) is 25.7. The van der Waals surface area contributed by atoms with Crippen LogP contribution in [0.2, 0.25) is 10.0 Å². The highest BCUT2D eigenvalue weighted by Crippen LogP contribution is 2.38. The highest BCUT2D eigenvalue weighted by atomic mass is 35.5. The van der Waals surface area contributed by atoms with E-state index in [-0.39, 0.29) is 39.5 Å². The minimum absolute atomic E-state index is 0.146. The topological polar surface area (TPSA) is 171 Å². The zero-order valence-corrected chi connectivity index (χ0v) is 39.0. The molecule has 1 saturated heterocycles. The van der Waals surface area contributed by atoms with Gasteiger partial charge in [0.05, 0.1) is 27.8 Å². The average Bonchev–Trinajstić information content (AvgIpc) is 3.34. The first kappa shape index (κ1) is 50.3. The molecule has 12 nitrogen and oxygen atoms in total. The zero-order valence-electron chi connectivity index (χ0n) is 37.5. The number of hydrogen-bond donors (Lipinski definition) is 2.